The monoisotopic (exact) mass is 220 g/mol. The number of hydrogen-bond donors (Lipinski definition) is 2. The minimum atomic E-state index is -0.901. The first-order chi connectivity index (χ1) is 7.35. The number of fused-ring (bicyclic) bond motifs is 1. The number of allylic oxidation sites excluding steroid dienone is 2. The van der Waals surface area contributed by atoms with E-state index in [4.69, 9.17) is 5.11 Å². The molecular weight excluding hydrogens is 204 g/mol. The second-order valence-electron chi connectivity index (χ2n) is 5.14. The maximum absolute atomic E-state index is 10.8. The van der Waals surface area contributed by atoms with Crippen LogP contribution in [0.15, 0.2) is 35.2 Å². The fourth-order valence-corrected chi connectivity index (χ4v) is 1.86. The molecule has 1 aliphatic heterocycles. The Balaban J connectivity index is 2.13. The SMILES string of the molecule is CC(C)(C)NC1=CC2=CN(C(=O)O)CC2=C1. The molecule has 1 heterocycles. The Kier molecular flexibility index (Phi) is 2.30. The largest absolute Gasteiger partial charge is 0.465 e. The summed E-state index contributed by atoms with van der Waals surface area (Å²) in [7, 11) is 0. The summed E-state index contributed by atoms with van der Waals surface area (Å²) in [6.45, 7) is 6.74. The van der Waals surface area contributed by atoms with Crippen LogP contribution in [-0.2, 0) is 0 Å². The molecule has 86 valence electrons. The number of carbonyl (C=O) groups is 1. The lowest BCUT2D eigenvalue weighted by Gasteiger charge is -2.22. The summed E-state index contributed by atoms with van der Waals surface area (Å²) < 4.78 is 0. The Labute approximate surface area is 94.9 Å². The van der Waals surface area contributed by atoms with Crippen LogP contribution < -0.4 is 5.32 Å². The lowest BCUT2D eigenvalue weighted by Crippen LogP contribution is -2.34. The molecule has 2 N–H and O–H groups in total. The maximum Gasteiger partial charge on any atom is 0.411 e. The molecule has 1 aliphatic carbocycles. The lowest BCUT2D eigenvalue weighted by molar-refractivity contribution is 0.167. The summed E-state index contributed by atoms with van der Waals surface area (Å²) in [6, 6.07) is 0. The predicted molar refractivity (Wildman–Crippen MR) is 61.9 cm³/mol. The van der Waals surface area contributed by atoms with E-state index in [-0.39, 0.29) is 5.54 Å². The van der Waals surface area contributed by atoms with E-state index < -0.39 is 6.09 Å². The Morgan fingerprint density at radius 3 is 2.62 bits per heavy atom. The van der Waals surface area contributed by atoms with E-state index >= 15 is 0 Å². The second kappa shape index (κ2) is 3.40. The van der Waals surface area contributed by atoms with Gasteiger partial charge in [-0.05, 0) is 44.1 Å². The van der Waals surface area contributed by atoms with Crippen LogP contribution in [0.2, 0.25) is 0 Å². The molecular formula is C12H16N2O2. The van der Waals surface area contributed by atoms with Gasteiger partial charge in [0.05, 0.1) is 6.54 Å². The molecule has 4 heteroatoms. The molecule has 0 aromatic rings. The van der Waals surface area contributed by atoms with E-state index in [1.807, 2.05) is 12.2 Å². The predicted octanol–water partition coefficient (Wildman–Crippen LogP) is 2.08. The van der Waals surface area contributed by atoms with Crippen LogP contribution in [0.1, 0.15) is 20.8 Å². The summed E-state index contributed by atoms with van der Waals surface area (Å²) in [6.07, 6.45) is 4.77. The van der Waals surface area contributed by atoms with Crippen LogP contribution >= 0.6 is 0 Å². The summed E-state index contributed by atoms with van der Waals surface area (Å²) in [5, 5.41) is 12.2. The zero-order chi connectivity index (χ0) is 11.9. The van der Waals surface area contributed by atoms with Gasteiger partial charge in [0, 0.05) is 17.4 Å². The quantitative estimate of drug-likeness (QED) is 0.711. The van der Waals surface area contributed by atoms with Crippen molar-refractivity contribution in [3.8, 4) is 0 Å². The van der Waals surface area contributed by atoms with E-state index in [1.165, 1.54) is 4.90 Å². The van der Waals surface area contributed by atoms with E-state index in [2.05, 4.69) is 26.1 Å². The molecule has 0 spiro atoms. The molecule has 0 radical (unpaired) electrons. The molecule has 0 aromatic heterocycles. The highest BCUT2D eigenvalue weighted by molar-refractivity contribution is 5.71. The van der Waals surface area contributed by atoms with Crippen molar-refractivity contribution in [3.05, 3.63) is 35.2 Å². The van der Waals surface area contributed by atoms with Crippen molar-refractivity contribution in [2.45, 2.75) is 26.3 Å². The van der Waals surface area contributed by atoms with Gasteiger partial charge < -0.3 is 10.4 Å². The highest BCUT2D eigenvalue weighted by Gasteiger charge is 2.25. The third-order valence-corrected chi connectivity index (χ3v) is 2.41. The van der Waals surface area contributed by atoms with E-state index in [1.54, 1.807) is 6.20 Å². The van der Waals surface area contributed by atoms with Crippen LogP contribution in [0.4, 0.5) is 4.79 Å². The molecule has 0 aromatic carbocycles. The van der Waals surface area contributed by atoms with Gasteiger partial charge in [-0.15, -0.1) is 0 Å². The average Bonchev–Trinajstić information content (AvgIpc) is 2.56. The number of amides is 1. The number of hydrogen-bond acceptors (Lipinski definition) is 2. The molecule has 2 aliphatic rings. The molecule has 4 nitrogen and oxygen atoms in total. The first kappa shape index (κ1) is 10.8. The minimum Gasteiger partial charge on any atom is -0.465 e. The molecule has 0 unspecified atom stereocenters. The van der Waals surface area contributed by atoms with Crippen molar-refractivity contribution >= 4 is 6.09 Å². The topological polar surface area (TPSA) is 52.6 Å². The zero-order valence-corrected chi connectivity index (χ0v) is 9.74. The average molecular weight is 220 g/mol. The first-order valence-electron chi connectivity index (χ1n) is 5.27. The molecule has 16 heavy (non-hydrogen) atoms. The first-order valence-corrected chi connectivity index (χ1v) is 5.27. The number of carboxylic acid groups (broad SMARTS) is 1. The van der Waals surface area contributed by atoms with E-state index in [9.17, 15) is 4.79 Å². The van der Waals surface area contributed by atoms with Gasteiger partial charge in [-0.2, -0.15) is 0 Å². The lowest BCUT2D eigenvalue weighted by atomic mass is 10.1. The molecule has 0 saturated heterocycles. The molecule has 0 atom stereocenters. The Hall–Kier alpha value is -1.71. The van der Waals surface area contributed by atoms with Crippen molar-refractivity contribution in [3.63, 3.8) is 0 Å². The second-order valence-corrected chi connectivity index (χ2v) is 5.14. The molecule has 0 bridgehead atoms. The smallest absolute Gasteiger partial charge is 0.411 e. The maximum atomic E-state index is 10.8. The van der Waals surface area contributed by atoms with Gasteiger partial charge in [-0.25, -0.2) is 4.79 Å². The fraction of sp³-hybridized carbons (Fsp3) is 0.417. The van der Waals surface area contributed by atoms with Gasteiger partial charge in [0.2, 0.25) is 0 Å². The van der Waals surface area contributed by atoms with Crippen LogP contribution in [0.3, 0.4) is 0 Å². The van der Waals surface area contributed by atoms with E-state index in [0.29, 0.717) is 6.54 Å². The van der Waals surface area contributed by atoms with Gasteiger partial charge in [-0.3, -0.25) is 4.90 Å². The van der Waals surface area contributed by atoms with Gasteiger partial charge in [0.15, 0.2) is 0 Å². The van der Waals surface area contributed by atoms with Gasteiger partial charge in [-0.1, -0.05) is 0 Å². The molecule has 0 saturated carbocycles. The highest BCUT2D eigenvalue weighted by atomic mass is 16.4. The number of rotatable bonds is 1. The van der Waals surface area contributed by atoms with Crippen LogP contribution in [0.25, 0.3) is 0 Å². The van der Waals surface area contributed by atoms with Crippen molar-refractivity contribution < 1.29 is 9.90 Å². The van der Waals surface area contributed by atoms with Crippen LogP contribution in [-0.4, -0.2) is 28.2 Å². The third kappa shape index (κ3) is 2.10. The molecule has 0 fully saturated rings. The van der Waals surface area contributed by atoms with Crippen molar-refractivity contribution in [2.75, 3.05) is 6.54 Å². The molecule has 1 amide bonds. The third-order valence-electron chi connectivity index (χ3n) is 2.41. The summed E-state index contributed by atoms with van der Waals surface area (Å²) in [4.78, 5) is 12.1. The zero-order valence-electron chi connectivity index (χ0n) is 9.74. The Morgan fingerprint density at radius 1 is 1.44 bits per heavy atom. The molecule has 2 rings (SSSR count). The van der Waals surface area contributed by atoms with Gasteiger partial charge >= 0.3 is 6.09 Å². The fourth-order valence-electron chi connectivity index (χ4n) is 1.86. The van der Waals surface area contributed by atoms with Gasteiger partial charge in [0.25, 0.3) is 0 Å². The van der Waals surface area contributed by atoms with Crippen LogP contribution in [0.5, 0.6) is 0 Å². The van der Waals surface area contributed by atoms with Crippen molar-refractivity contribution in [1.29, 1.82) is 0 Å². The number of nitrogens with one attached hydrogen (secondary N) is 1. The standard InChI is InChI=1S/C12H16N2O2/c1-12(2,3)13-10-4-8-6-14(11(15)16)7-9(8)5-10/h4-6,13H,7H2,1-3H3,(H,15,16). The Morgan fingerprint density at radius 2 is 2.12 bits per heavy atom. The van der Waals surface area contributed by atoms with Gasteiger partial charge in [0.1, 0.15) is 0 Å². The van der Waals surface area contributed by atoms with Crippen molar-refractivity contribution in [2.24, 2.45) is 0 Å². The number of nitrogens with zero attached hydrogens (tertiary/aromatic N) is 1. The summed E-state index contributed by atoms with van der Waals surface area (Å²) in [5.74, 6) is 0. The van der Waals surface area contributed by atoms with Crippen molar-refractivity contribution in [1.82, 2.24) is 10.2 Å². The normalized spacial score (nSPS) is 18.9. The highest BCUT2D eigenvalue weighted by Crippen LogP contribution is 2.29. The summed E-state index contributed by atoms with van der Waals surface area (Å²) in [5.41, 5.74) is 3.14. The minimum absolute atomic E-state index is 0.0224. The summed E-state index contributed by atoms with van der Waals surface area (Å²) >= 11 is 0. The van der Waals surface area contributed by atoms with Crippen LogP contribution in [0, 0.1) is 0 Å². The van der Waals surface area contributed by atoms with E-state index in [0.717, 1.165) is 16.8 Å². The Bertz CT molecular complexity index is 425.